The average Bonchev–Trinajstić information content (AvgIpc) is 3.44. The van der Waals surface area contributed by atoms with Crippen molar-refractivity contribution in [1.82, 2.24) is 0 Å². The lowest BCUT2D eigenvalue weighted by atomic mass is 10.2. The number of thiophene rings is 2. The number of para-hydroxylation sites is 2. The number of carbonyl (C=O) groups is 1. The number of carbonyl (C=O) groups excluding carboxylic acids is 1. The van der Waals surface area contributed by atoms with E-state index in [1.165, 1.54) is 22.7 Å². The molecule has 4 aromatic rings. The summed E-state index contributed by atoms with van der Waals surface area (Å²) in [5.41, 5.74) is 2.21. The molecule has 5 heteroatoms. The molecule has 0 amide bonds. The van der Waals surface area contributed by atoms with Crippen LogP contribution >= 0.6 is 22.7 Å². The van der Waals surface area contributed by atoms with Crippen LogP contribution in [0.3, 0.4) is 0 Å². The summed E-state index contributed by atoms with van der Waals surface area (Å²) in [5.74, 6) is 0.0791. The van der Waals surface area contributed by atoms with E-state index in [2.05, 4.69) is 34.1 Å². The van der Waals surface area contributed by atoms with Crippen LogP contribution in [0, 0.1) is 0 Å². The maximum Gasteiger partial charge on any atom is 0.213 e. The van der Waals surface area contributed by atoms with Crippen LogP contribution in [0.2, 0.25) is 0 Å². The number of hydrogen-bond donors (Lipinski definition) is 0. The highest BCUT2D eigenvalue weighted by Gasteiger charge is 2.17. The van der Waals surface area contributed by atoms with E-state index in [9.17, 15) is 4.79 Å². The van der Waals surface area contributed by atoms with Gasteiger partial charge in [-0.3, -0.25) is 4.79 Å². The minimum Gasteiger partial charge on any atom is -0.336 e. The molecule has 0 fully saturated rings. The Morgan fingerprint density at radius 3 is 1.39 bits per heavy atom. The van der Waals surface area contributed by atoms with Crippen LogP contribution in [0.15, 0.2) is 84.9 Å². The van der Waals surface area contributed by atoms with Gasteiger partial charge in [0, 0.05) is 25.5 Å². The molecule has 0 unspecified atom stereocenters. The Kier molecular flexibility index (Phi) is 5.28. The van der Waals surface area contributed by atoms with Crippen molar-refractivity contribution >= 4 is 49.8 Å². The van der Waals surface area contributed by atoms with Crippen molar-refractivity contribution in [2.45, 2.75) is 0 Å². The van der Waals surface area contributed by atoms with E-state index in [-0.39, 0.29) is 5.78 Å². The van der Waals surface area contributed by atoms with Crippen LogP contribution in [0.1, 0.15) is 14.5 Å². The molecule has 0 N–H and O–H groups in total. The SMILES string of the molecule is CN(c1ccccc1)c1ccc(C(=O)c2ccc(N(C)c3ccccc3)s2)s1. The lowest BCUT2D eigenvalue weighted by molar-refractivity contribution is 0.104. The van der Waals surface area contributed by atoms with Gasteiger partial charge in [0.1, 0.15) is 0 Å². The Morgan fingerprint density at radius 2 is 1.00 bits per heavy atom. The molecule has 2 aromatic carbocycles. The molecule has 0 saturated carbocycles. The quantitative estimate of drug-likeness (QED) is 0.339. The van der Waals surface area contributed by atoms with Gasteiger partial charge in [0.15, 0.2) is 0 Å². The average molecular weight is 405 g/mol. The van der Waals surface area contributed by atoms with Crippen molar-refractivity contribution in [3.63, 3.8) is 0 Å². The molecule has 0 aliphatic rings. The normalized spacial score (nSPS) is 10.6. The van der Waals surface area contributed by atoms with E-state index in [1.54, 1.807) is 0 Å². The van der Waals surface area contributed by atoms with Crippen molar-refractivity contribution < 1.29 is 4.79 Å². The minimum absolute atomic E-state index is 0.0791. The second-order valence-electron chi connectivity index (χ2n) is 6.39. The molecule has 28 heavy (non-hydrogen) atoms. The smallest absolute Gasteiger partial charge is 0.213 e. The van der Waals surface area contributed by atoms with Gasteiger partial charge < -0.3 is 9.80 Å². The monoisotopic (exact) mass is 404 g/mol. The van der Waals surface area contributed by atoms with Gasteiger partial charge in [-0.25, -0.2) is 0 Å². The fraction of sp³-hybridized carbons (Fsp3) is 0.0870. The van der Waals surface area contributed by atoms with Gasteiger partial charge in [-0.2, -0.15) is 0 Å². The predicted molar refractivity (Wildman–Crippen MR) is 121 cm³/mol. The van der Waals surface area contributed by atoms with Gasteiger partial charge in [0.25, 0.3) is 0 Å². The Hall–Kier alpha value is -2.89. The largest absolute Gasteiger partial charge is 0.336 e. The molecule has 140 valence electrons. The molecular weight excluding hydrogens is 384 g/mol. The second-order valence-corrected chi connectivity index (χ2v) is 8.52. The van der Waals surface area contributed by atoms with Gasteiger partial charge in [-0.05, 0) is 48.5 Å². The Balaban J connectivity index is 1.53. The fourth-order valence-corrected chi connectivity index (χ4v) is 4.89. The maximum atomic E-state index is 13.0. The first-order chi connectivity index (χ1) is 13.6. The van der Waals surface area contributed by atoms with Gasteiger partial charge >= 0.3 is 0 Å². The zero-order valence-corrected chi connectivity index (χ0v) is 17.3. The summed E-state index contributed by atoms with van der Waals surface area (Å²) in [6.07, 6.45) is 0. The molecule has 0 aliphatic carbocycles. The predicted octanol–water partition coefficient (Wildman–Crippen LogP) is 6.58. The maximum absolute atomic E-state index is 13.0. The van der Waals surface area contributed by atoms with E-state index in [4.69, 9.17) is 0 Å². The fourth-order valence-electron chi connectivity index (χ4n) is 2.94. The van der Waals surface area contributed by atoms with E-state index < -0.39 is 0 Å². The van der Waals surface area contributed by atoms with Crippen molar-refractivity contribution in [3.8, 4) is 0 Å². The lowest BCUT2D eigenvalue weighted by Gasteiger charge is -2.16. The molecule has 2 heterocycles. The Morgan fingerprint density at radius 1 is 0.607 bits per heavy atom. The number of ketones is 1. The Labute approximate surface area is 173 Å². The Bertz CT molecular complexity index is 984. The van der Waals surface area contributed by atoms with Crippen LogP contribution in [0.4, 0.5) is 21.4 Å². The highest BCUT2D eigenvalue weighted by molar-refractivity contribution is 7.21. The van der Waals surface area contributed by atoms with Gasteiger partial charge in [0.2, 0.25) is 5.78 Å². The first-order valence-corrected chi connectivity index (χ1v) is 10.6. The van der Waals surface area contributed by atoms with Gasteiger partial charge in [-0.15, -0.1) is 22.7 Å². The summed E-state index contributed by atoms with van der Waals surface area (Å²) in [5, 5.41) is 2.10. The summed E-state index contributed by atoms with van der Waals surface area (Å²) in [6, 6.07) is 28.2. The molecule has 2 aromatic heterocycles. The summed E-state index contributed by atoms with van der Waals surface area (Å²) in [7, 11) is 4.04. The van der Waals surface area contributed by atoms with E-state index >= 15 is 0 Å². The zero-order valence-electron chi connectivity index (χ0n) is 15.7. The standard InChI is InChI=1S/C23H20N2OS2/c1-24(17-9-5-3-6-10-17)21-15-13-19(27-21)23(26)20-14-16-22(28-20)25(2)18-11-7-4-8-12-18/h3-16H,1-2H3. The lowest BCUT2D eigenvalue weighted by Crippen LogP contribution is -2.07. The second kappa shape index (κ2) is 8.00. The number of benzene rings is 2. The number of hydrogen-bond acceptors (Lipinski definition) is 5. The van der Waals surface area contributed by atoms with Crippen molar-refractivity contribution in [3.05, 3.63) is 94.7 Å². The summed E-state index contributed by atoms with van der Waals surface area (Å²) in [4.78, 5) is 18.7. The molecular formula is C23H20N2OS2. The number of nitrogens with zero attached hydrogens (tertiary/aromatic N) is 2. The third-order valence-electron chi connectivity index (χ3n) is 4.58. The molecule has 0 atom stereocenters. The van der Waals surface area contributed by atoms with Gasteiger partial charge in [0.05, 0.1) is 19.8 Å². The van der Waals surface area contributed by atoms with Crippen molar-refractivity contribution in [1.29, 1.82) is 0 Å². The zero-order chi connectivity index (χ0) is 19.5. The first-order valence-electron chi connectivity index (χ1n) is 8.95. The third-order valence-corrected chi connectivity index (χ3v) is 6.90. The molecule has 0 aliphatic heterocycles. The van der Waals surface area contributed by atoms with E-state index in [0.29, 0.717) is 0 Å². The van der Waals surface area contributed by atoms with E-state index in [1.807, 2.05) is 74.8 Å². The number of anilines is 4. The highest BCUT2D eigenvalue weighted by Crippen LogP contribution is 2.35. The molecule has 0 bridgehead atoms. The third kappa shape index (κ3) is 3.72. The van der Waals surface area contributed by atoms with Gasteiger partial charge in [-0.1, -0.05) is 36.4 Å². The van der Waals surface area contributed by atoms with Crippen LogP contribution < -0.4 is 9.80 Å². The summed E-state index contributed by atoms with van der Waals surface area (Å²) >= 11 is 3.04. The molecule has 4 rings (SSSR count). The van der Waals surface area contributed by atoms with Crippen LogP contribution in [-0.4, -0.2) is 19.9 Å². The number of rotatable bonds is 6. The van der Waals surface area contributed by atoms with Crippen molar-refractivity contribution in [2.24, 2.45) is 0 Å². The molecule has 0 spiro atoms. The van der Waals surface area contributed by atoms with Crippen LogP contribution in [0.25, 0.3) is 0 Å². The van der Waals surface area contributed by atoms with Crippen LogP contribution in [0.5, 0.6) is 0 Å². The minimum atomic E-state index is 0.0791. The van der Waals surface area contributed by atoms with Crippen molar-refractivity contribution in [2.75, 3.05) is 23.9 Å². The summed E-state index contributed by atoms with van der Waals surface area (Å²) in [6.45, 7) is 0. The molecule has 0 saturated heterocycles. The summed E-state index contributed by atoms with van der Waals surface area (Å²) < 4.78 is 0. The van der Waals surface area contributed by atoms with Crippen LogP contribution in [-0.2, 0) is 0 Å². The van der Waals surface area contributed by atoms with E-state index in [0.717, 1.165) is 31.1 Å². The topological polar surface area (TPSA) is 23.6 Å². The molecule has 0 radical (unpaired) electrons. The first kappa shape index (κ1) is 18.5. The highest BCUT2D eigenvalue weighted by atomic mass is 32.1. The molecule has 3 nitrogen and oxygen atoms in total.